The van der Waals surface area contributed by atoms with Gasteiger partial charge >= 0.3 is 0 Å². The Bertz CT molecular complexity index is 1540. The van der Waals surface area contributed by atoms with Crippen molar-refractivity contribution in [3.8, 4) is 22.8 Å². The fraction of sp³-hybridized carbons (Fsp3) is 0.409. The van der Waals surface area contributed by atoms with Crippen LogP contribution in [0.15, 0.2) is 30.7 Å². The largest absolute Gasteiger partial charge is 0.384 e. The van der Waals surface area contributed by atoms with Crippen molar-refractivity contribution in [2.45, 2.75) is 44.0 Å². The molecule has 2 fully saturated rings. The minimum absolute atomic E-state index is 0.0977. The van der Waals surface area contributed by atoms with E-state index in [1.165, 1.54) is 12.4 Å². The lowest BCUT2D eigenvalue weighted by Gasteiger charge is -2.27. The van der Waals surface area contributed by atoms with E-state index in [1.54, 1.807) is 12.3 Å². The second-order valence-corrected chi connectivity index (χ2v) is 11.2. The third-order valence-electron chi connectivity index (χ3n) is 6.10. The maximum Gasteiger partial charge on any atom is 0.256 e. The molecule has 0 bridgehead atoms. The van der Waals surface area contributed by atoms with Crippen molar-refractivity contribution >= 4 is 32.6 Å². The smallest absolute Gasteiger partial charge is 0.256 e. The summed E-state index contributed by atoms with van der Waals surface area (Å²) in [4.78, 5) is 13.7. The summed E-state index contributed by atoms with van der Waals surface area (Å²) in [6.07, 6.45) is 5.85. The number of pyridine rings is 1. The van der Waals surface area contributed by atoms with E-state index in [0.717, 1.165) is 15.0 Å². The fourth-order valence-electron chi connectivity index (χ4n) is 4.08. The Morgan fingerprint density at radius 3 is 2.71 bits per heavy atom. The van der Waals surface area contributed by atoms with Gasteiger partial charge in [-0.25, -0.2) is 23.4 Å². The molecule has 0 amide bonds. The van der Waals surface area contributed by atoms with Crippen LogP contribution < -0.4 is 11.1 Å². The summed E-state index contributed by atoms with van der Waals surface area (Å²) in [5.74, 6) is 1.37. The number of aromatic nitrogens is 7. The molecule has 2 aliphatic rings. The van der Waals surface area contributed by atoms with Crippen molar-refractivity contribution in [2.75, 3.05) is 24.3 Å². The second kappa shape index (κ2) is 7.99. The van der Waals surface area contributed by atoms with Crippen LogP contribution in [0.3, 0.4) is 0 Å². The zero-order valence-corrected chi connectivity index (χ0v) is 20.1. The molecule has 5 heterocycles. The van der Waals surface area contributed by atoms with Gasteiger partial charge in [-0.3, -0.25) is 4.68 Å². The lowest BCUT2D eigenvalue weighted by molar-refractivity contribution is 0.0210. The molecule has 1 saturated heterocycles. The van der Waals surface area contributed by atoms with Crippen molar-refractivity contribution in [3.63, 3.8) is 0 Å². The minimum atomic E-state index is -3.48. The van der Waals surface area contributed by atoms with Crippen molar-refractivity contribution in [1.82, 2.24) is 33.9 Å². The van der Waals surface area contributed by atoms with Gasteiger partial charge in [0.2, 0.25) is 0 Å². The third kappa shape index (κ3) is 3.80. The van der Waals surface area contributed by atoms with Gasteiger partial charge in [0.15, 0.2) is 11.6 Å². The summed E-state index contributed by atoms with van der Waals surface area (Å²) in [7, 11) is -3.48. The van der Waals surface area contributed by atoms with Gasteiger partial charge in [-0.15, -0.1) is 0 Å². The number of nitrogens with zero attached hydrogens (tertiary/aromatic N) is 7. The van der Waals surface area contributed by atoms with Gasteiger partial charge in [-0.2, -0.15) is 14.3 Å². The molecule has 4 aromatic rings. The monoisotopic (exact) mass is 495 g/mol. The van der Waals surface area contributed by atoms with Crippen LogP contribution in [-0.4, -0.2) is 66.8 Å². The van der Waals surface area contributed by atoms with E-state index in [-0.39, 0.29) is 17.3 Å². The molecule has 0 unspecified atom stereocenters. The van der Waals surface area contributed by atoms with E-state index in [0.29, 0.717) is 60.5 Å². The van der Waals surface area contributed by atoms with Crippen LogP contribution in [-0.2, 0) is 14.8 Å². The first-order valence-electron chi connectivity index (χ1n) is 11.5. The Morgan fingerprint density at radius 2 is 2.03 bits per heavy atom. The molecule has 1 aliphatic heterocycles. The summed E-state index contributed by atoms with van der Waals surface area (Å²) in [5, 5.41) is 12.7. The zero-order chi connectivity index (χ0) is 24.3. The Balaban J connectivity index is 1.46. The molecule has 12 nitrogen and oxygen atoms in total. The third-order valence-corrected chi connectivity index (χ3v) is 8.14. The Kier molecular flexibility index (Phi) is 5.00. The number of hydrogen-bond donors (Lipinski definition) is 2. The molecule has 0 atom stereocenters. The van der Waals surface area contributed by atoms with E-state index in [9.17, 15) is 8.42 Å². The normalized spacial score (nSPS) is 16.7. The molecule has 4 aromatic heterocycles. The molecule has 13 heteroatoms. The molecule has 0 radical (unpaired) electrons. The Hall–Kier alpha value is -3.58. The van der Waals surface area contributed by atoms with Gasteiger partial charge in [-0.05, 0) is 32.8 Å². The highest BCUT2D eigenvalue weighted by Gasteiger charge is 2.37. The average molecular weight is 496 g/mol. The van der Waals surface area contributed by atoms with Crippen LogP contribution in [0, 0.1) is 0 Å². The SMILES string of the molecule is CC(C)n1nc(NC2COC2)c2c(-c3ccnc(-c4cnn(S(=O)(=O)C5CC5)c4)n3)nc(N)cc21. The minimum Gasteiger partial charge on any atom is -0.384 e. The first-order chi connectivity index (χ1) is 16.8. The van der Waals surface area contributed by atoms with E-state index < -0.39 is 10.0 Å². The first-order valence-corrected chi connectivity index (χ1v) is 13.0. The highest BCUT2D eigenvalue weighted by atomic mass is 32.2. The number of anilines is 2. The Morgan fingerprint density at radius 1 is 1.23 bits per heavy atom. The second-order valence-electron chi connectivity index (χ2n) is 9.17. The summed E-state index contributed by atoms with van der Waals surface area (Å²) in [6, 6.07) is 3.82. The predicted molar refractivity (Wildman–Crippen MR) is 130 cm³/mol. The summed E-state index contributed by atoms with van der Waals surface area (Å²) < 4.78 is 33.3. The lowest BCUT2D eigenvalue weighted by atomic mass is 10.1. The molecular formula is C22H25N9O3S. The highest BCUT2D eigenvalue weighted by Crippen LogP contribution is 2.36. The number of fused-ring (bicyclic) bond motifs is 1. The number of rotatable bonds is 7. The average Bonchev–Trinajstić information content (AvgIpc) is 3.43. The van der Waals surface area contributed by atoms with E-state index in [2.05, 4.69) is 34.2 Å². The van der Waals surface area contributed by atoms with Gasteiger partial charge in [0, 0.05) is 18.3 Å². The van der Waals surface area contributed by atoms with Crippen LogP contribution in [0.4, 0.5) is 11.6 Å². The molecule has 3 N–H and O–H groups in total. The summed E-state index contributed by atoms with van der Waals surface area (Å²) in [5.41, 5.74) is 8.65. The quantitative estimate of drug-likeness (QED) is 0.389. The predicted octanol–water partition coefficient (Wildman–Crippen LogP) is 2.07. The van der Waals surface area contributed by atoms with Crippen LogP contribution in [0.1, 0.15) is 32.7 Å². The van der Waals surface area contributed by atoms with E-state index in [1.807, 2.05) is 10.7 Å². The van der Waals surface area contributed by atoms with Gasteiger partial charge in [-0.1, -0.05) is 0 Å². The number of nitrogens with two attached hydrogens (primary N) is 1. The van der Waals surface area contributed by atoms with Crippen LogP contribution in [0.5, 0.6) is 0 Å². The molecule has 182 valence electrons. The lowest BCUT2D eigenvalue weighted by Crippen LogP contribution is -2.40. The van der Waals surface area contributed by atoms with Crippen molar-refractivity contribution in [1.29, 1.82) is 0 Å². The standard InChI is InChI=1S/C22H25N9O3S/c1-12(2)31-17-7-18(23)28-20(19(17)22(29-31)26-14-10-34-11-14)16-5-6-24-21(27-16)13-8-25-30(9-13)35(32,33)15-3-4-15/h5-9,12,14-15H,3-4,10-11H2,1-2H3,(H2,23,28)(H,26,29). The zero-order valence-electron chi connectivity index (χ0n) is 19.3. The maximum absolute atomic E-state index is 12.5. The molecule has 0 spiro atoms. The van der Waals surface area contributed by atoms with Crippen molar-refractivity contribution in [3.05, 3.63) is 30.7 Å². The highest BCUT2D eigenvalue weighted by molar-refractivity contribution is 7.90. The molecule has 6 rings (SSSR count). The molecule has 1 saturated carbocycles. The van der Waals surface area contributed by atoms with Crippen LogP contribution in [0.25, 0.3) is 33.7 Å². The molecule has 0 aromatic carbocycles. The van der Waals surface area contributed by atoms with Gasteiger partial charge in [0.1, 0.15) is 11.5 Å². The van der Waals surface area contributed by atoms with E-state index in [4.69, 9.17) is 20.6 Å². The summed E-state index contributed by atoms with van der Waals surface area (Å²) in [6.45, 7) is 5.32. The molecular weight excluding hydrogens is 470 g/mol. The molecule has 35 heavy (non-hydrogen) atoms. The number of nitrogens with one attached hydrogen (secondary N) is 1. The fourth-order valence-corrected chi connectivity index (χ4v) is 5.55. The summed E-state index contributed by atoms with van der Waals surface area (Å²) >= 11 is 0. The number of hydrogen-bond acceptors (Lipinski definition) is 10. The van der Waals surface area contributed by atoms with E-state index >= 15 is 0 Å². The van der Waals surface area contributed by atoms with Crippen molar-refractivity contribution in [2.24, 2.45) is 0 Å². The van der Waals surface area contributed by atoms with Crippen LogP contribution in [0.2, 0.25) is 0 Å². The topological polar surface area (TPSA) is 156 Å². The van der Waals surface area contributed by atoms with Gasteiger partial charge in [0.05, 0.1) is 59.1 Å². The van der Waals surface area contributed by atoms with Gasteiger partial charge in [0.25, 0.3) is 10.0 Å². The van der Waals surface area contributed by atoms with Crippen LogP contribution >= 0.6 is 0 Å². The number of nitrogen functional groups attached to an aromatic ring is 1. The Labute approximate surface area is 201 Å². The van der Waals surface area contributed by atoms with Gasteiger partial charge < -0.3 is 15.8 Å². The molecule has 1 aliphatic carbocycles. The maximum atomic E-state index is 12.5. The number of ether oxygens (including phenoxy) is 1. The first kappa shape index (κ1) is 21.9. The van der Waals surface area contributed by atoms with Crippen molar-refractivity contribution < 1.29 is 13.2 Å².